The Bertz CT molecular complexity index is 445. The van der Waals surface area contributed by atoms with Crippen LogP contribution < -0.4 is 5.73 Å². The normalized spacial score (nSPS) is 13.0. The van der Waals surface area contributed by atoms with Crippen molar-refractivity contribution in [1.82, 2.24) is 4.57 Å². The Balaban J connectivity index is 2.25. The van der Waals surface area contributed by atoms with E-state index in [-0.39, 0.29) is 6.04 Å². The van der Waals surface area contributed by atoms with Crippen LogP contribution in [0.1, 0.15) is 23.5 Å². The zero-order valence-electron chi connectivity index (χ0n) is 8.48. The number of halogens is 1. The van der Waals surface area contributed by atoms with Crippen molar-refractivity contribution in [3.8, 4) is 0 Å². The number of thiophene rings is 1. The summed E-state index contributed by atoms with van der Waals surface area (Å²) in [4.78, 5) is 1.33. The Morgan fingerprint density at radius 3 is 2.93 bits per heavy atom. The van der Waals surface area contributed by atoms with Crippen molar-refractivity contribution >= 4 is 27.3 Å². The van der Waals surface area contributed by atoms with Crippen molar-refractivity contribution in [2.24, 2.45) is 5.73 Å². The fraction of sp³-hybridized carbons (Fsp3) is 0.273. The molecule has 0 aliphatic carbocycles. The molecule has 1 atom stereocenters. The second-order valence-corrected chi connectivity index (χ2v) is 5.40. The van der Waals surface area contributed by atoms with Crippen molar-refractivity contribution in [3.05, 3.63) is 44.8 Å². The first-order valence-electron chi connectivity index (χ1n) is 4.81. The number of hydrogen-bond acceptors (Lipinski definition) is 2. The monoisotopic (exact) mass is 284 g/mol. The van der Waals surface area contributed by atoms with Crippen LogP contribution in [0.2, 0.25) is 0 Å². The summed E-state index contributed by atoms with van der Waals surface area (Å²) in [5.41, 5.74) is 7.07. The first-order valence-corrected chi connectivity index (χ1v) is 6.48. The molecule has 0 saturated heterocycles. The van der Waals surface area contributed by atoms with Crippen LogP contribution in [0.5, 0.6) is 0 Å². The molecule has 0 fully saturated rings. The van der Waals surface area contributed by atoms with Crippen LogP contribution >= 0.6 is 27.3 Å². The largest absolute Gasteiger partial charge is 0.345 e. The van der Waals surface area contributed by atoms with Crippen LogP contribution in [0, 0.1) is 0 Å². The van der Waals surface area contributed by atoms with Crippen LogP contribution in [0.3, 0.4) is 0 Å². The van der Waals surface area contributed by atoms with Crippen LogP contribution in [-0.2, 0) is 6.54 Å². The molecule has 0 amide bonds. The Morgan fingerprint density at radius 2 is 2.33 bits per heavy atom. The van der Waals surface area contributed by atoms with Gasteiger partial charge in [0.05, 0.1) is 6.54 Å². The van der Waals surface area contributed by atoms with Gasteiger partial charge < -0.3 is 10.3 Å². The van der Waals surface area contributed by atoms with Gasteiger partial charge in [0.2, 0.25) is 0 Å². The van der Waals surface area contributed by atoms with Gasteiger partial charge in [0.25, 0.3) is 0 Å². The van der Waals surface area contributed by atoms with E-state index in [4.69, 9.17) is 5.73 Å². The molecule has 2 aromatic heterocycles. The Morgan fingerprint density at radius 1 is 1.53 bits per heavy atom. The molecule has 0 aliphatic heterocycles. The summed E-state index contributed by atoms with van der Waals surface area (Å²) in [6, 6.07) is 6.28. The highest BCUT2D eigenvalue weighted by Crippen LogP contribution is 2.24. The molecule has 15 heavy (non-hydrogen) atoms. The number of nitrogens with zero attached hydrogens (tertiary/aromatic N) is 1. The van der Waals surface area contributed by atoms with Gasteiger partial charge in [0, 0.05) is 27.3 Å². The number of aromatic nitrogens is 1. The third-order valence-electron chi connectivity index (χ3n) is 2.34. The van der Waals surface area contributed by atoms with E-state index in [0.717, 1.165) is 6.54 Å². The van der Waals surface area contributed by atoms with Gasteiger partial charge in [-0.2, -0.15) is 0 Å². The number of hydrogen-bond donors (Lipinski definition) is 1. The van der Waals surface area contributed by atoms with E-state index in [1.165, 1.54) is 15.0 Å². The van der Waals surface area contributed by atoms with Gasteiger partial charge in [-0.15, -0.1) is 11.3 Å². The molecule has 2 aromatic rings. The molecule has 4 heteroatoms. The zero-order valence-corrected chi connectivity index (χ0v) is 10.9. The van der Waals surface area contributed by atoms with E-state index >= 15 is 0 Å². The molecule has 0 spiro atoms. The third kappa shape index (κ3) is 2.33. The summed E-state index contributed by atoms with van der Waals surface area (Å²) >= 11 is 5.30. The molecule has 2 N–H and O–H groups in total. The molecular formula is C11H13BrN2S. The highest BCUT2D eigenvalue weighted by Gasteiger charge is 2.08. The highest BCUT2D eigenvalue weighted by molar-refractivity contribution is 9.10. The molecule has 2 nitrogen and oxygen atoms in total. The lowest BCUT2D eigenvalue weighted by Crippen LogP contribution is -2.12. The SMILES string of the molecule is CC(N)c1cccn1Cc1sccc1Br. The van der Waals surface area contributed by atoms with Gasteiger partial charge in [-0.1, -0.05) is 0 Å². The van der Waals surface area contributed by atoms with E-state index in [0.29, 0.717) is 0 Å². The predicted molar refractivity (Wildman–Crippen MR) is 68.2 cm³/mol. The summed E-state index contributed by atoms with van der Waals surface area (Å²) in [5, 5.41) is 2.09. The van der Waals surface area contributed by atoms with E-state index in [2.05, 4.69) is 44.2 Å². The van der Waals surface area contributed by atoms with Gasteiger partial charge in [-0.25, -0.2) is 0 Å². The maximum Gasteiger partial charge on any atom is 0.0578 e. The lowest BCUT2D eigenvalue weighted by molar-refractivity contribution is 0.679. The molecule has 0 aliphatic rings. The van der Waals surface area contributed by atoms with E-state index in [1.807, 2.05) is 13.0 Å². The Labute approximate surface area is 102 Å². The van der Waals surface area contributed by atoms with Gasteiger partial charge in [-0.3, -0.25) is 0 Å². The van der Waals surface area contributed by atoms with Crippen LogP contribution in [-0.4, -0.2) is 4.57 Å². The van der Waals surface area contributed by atoms with Gasteiger partial charge in [0.15, 0.2) is 0 Å². The summed E-state index contributed by atoms with van der Waals surface area (Å²) in [5.74, 6) is 0. The molecule has 1 unspecified atom stereocenters. The molecular weight excluding hydrogens is 272 g/mol. The minimum Gasteiger partial charge on any atom is -0.345 e. The summed E-state index contributed by atoms with van der Waals surface area (Å²) in [6.45, 7) is 2.90. The van der Waals surface area contributed by atoms with E-state index in [9.17, 15) is 0 Å². The second-order valence-electron chi connectivity index (χ2n) is 3.54. The van der Waals surface area contributed by atoms with Crippen molar-refractivity contribution in [3.63, 3.8) is 0 Å². The highest BCUT2D eigenvalue weighted by atomic mass is 79.9. The zero-order chi connectivity index (χ0) is 10.8. The summed E-state index contributed by atoms with van der Waals surface area (Å²) < 4.78 is 3.37. The first-order chi connectivity index (χ1) is 7.18. The van der Waals surface area contributed by atoms with Crippen LogP contribution in [0.25, 0.3) is 0 Å². The van der Waals surface area contributed by atoms with Crippen molar-refractivity contribution < 1.29 is 0 Å². The molecule has 0 radical (unpaired) electrons. The molecule has 2 rings (SSSR count). The summed E-state index contributed by atoms with van der Waals surface area (Å²) in [7, 11) is 0. The van der Waals surface area contributed by atoms with Crippen molar-refractivity contribution in [1.29, 1.82) is 0 Å². The summed E-state index contributed by atoms with van der Waals surface area (Å²) in [6.07, 6.45) is 2.07. The smallest absolute Gasteiger partial charge is 0.0578 e. The minimum atomic E-state index is 0.0822. The fourth-order valence-corrected chi connectivity index (χ4v) is 3.05. The van der Waals surface area contributed by atoms with Crippen molar-refractivity contribution in [2.45, 2.75) is 19.5 Å². The molecule has 0 aromatic carbocycles. The lowest BCUT2D eigenvalue weighted by Gasteiger charge is -2.11. The molecule has 0 saturated carbocycles. The third-order valence-corrected chi connectivity index (χ3v) is 4.25. The molecule has 80 valence electrons. The topological polar surface area (TPSA) is 30.9 Å². The van der Waals surface area contributed by atoms with Crippen LogP contribution in [0.15, 0.2) is 34.2 Å². The Hall–Kier alpha value is -0.580. The molecule has 2 heterocycles. The predicted octanol–water partition coefficient (Wildman–Crippen LogP) is 3.38. The first kappa shape index (κ1) is 10.9. The maximum atomic E-state index is 5.90. The van der Waals surface area contributed by atoms with Crippen molar-refractivity contribution in [2.75, 3.05) is 0 Å². The fourth-order valence-electron chi connectivity index (χ4n) is 1.58. The Kier molecular flexibility index (Phi) is 3.29. The minimum absolute atomic E-state index is 0.0822. The van der Waals surface area contributed by atoms with E-state index in [1.54, 1.807) is 11.3 Å². The lowest BCUT2D eigenvalue weighted by atomic mass is 10.2. The molecule has 0 bridgehead atoms. The number of rotatable bonds is 3. The quantitative estimate of drug-likeness (QED) is 0.920. The standard InChI is InChI=1S/C11H13BrN2S/c1-8(13)10-3-2-5-14(10)7-11-9(12)4-6-15-11/h2-6,8H,7,13H2,1H3. The van der Waals surface area contributed by atoms with E-state index < -0.39 is 0 Å². The number of nitrogens with two attached hydrogens (primary N) is 1. The average Bonchev–Trinajstić information content (AvgIpc) is 2.77. The van der Waals surface area contributed by atoms with Gasteiger partial charge in [0.1, 0.15) is 0 Å². The average molecular weight is 285 g/mol. The second kappa shape index (κ2) is 4.51. The van der Waals surface area contributed by atoms with Gasteiger partial charge >= 0.3 is 0 Å². The van der Waals surface area contributed by atoms with Gasteiger partial charge in [-0.05, 0) is 46.4 Å². The maximum absolute atomic E-state index is 5.90. The van der Waals surface area contributed by atoms with Crippen LogP contribution in [0.4, 0.5) is 0 Å².